The summed E-state index contributed by atoms with van der Waals surface area (Å²) in [6.45, 7) is 3.15. The van der Waals surface area contributed by atoms with E-state index < -0.39 is 17.9 Å². The molecule has 0 N–H and O–H groups in total. The minimum Gasteiger partial charge on any atom is -0.291 e. The van der Waals surface area contributed by atoms with E-state index in [-0.39, 0.29) is 28.4 Å². The van der Waals surface area contributed by atoms with E-state index in [0.29, 0.717) is 16.8 Å². The van der Waals surface area contributed by atoms with Crippen LogP contribution in [0.2, 0.25) is 0 Å². The molecule has 1 heterocycles. The number of imide groups is 1. The standard InChI is InChI=1S/C21H15N3O4/c1-11(22-17-18(25)13-7-3-4-8-14(13)19(17)26)12(2)23-24-20(27)15-9-5-6-10-16(15)21(24)28/h3-10,17H,1-2H3/b22-11+,23-12+. The second kappa shape index (κ2) is 6.45. The summed E-state index contributed by atoms with van der Waals surface area (Å²) in [5.74, 6) is -1.77. The number of nitrogens with zero attached hydrogens (tertiary/aromatic N) is 3. The van der Waals surface area contributed by atoms with Gasteiger partial charge in [-0.1, -0.05) is 36.4 Å². The van der Waals surface area contributed by atoms with Crippen molar-refractivity contribution in [2.45, 2.75) is 19.9 Å². The second-order valence-electron chi connectivity index (χ2n) is 6.54. The molecular formula is C21H15N3O4. The normalized spacial score (nSPS) is 17.4. The van der Waals surface area contributed by atoms with E-state index >= 15 is 0 Å². The van der Waals surface area contributed by atoms with E-state index in [1.807, 2.05) is 0 Å². The number of benzene rings is 2. The molecule has 0 aromatic heterocycles. The smallest absolute Gasteiger partial charge is 0.282 e. The van der Waals surface area contributed by atoms with Crippen LogP contribution < -0.4 is 0 Å². The van der Waals surface area contributed by atoms with Crippen LogP contribution in [0.1, 0.15) is 55.3 Å². The van der Waals surface area contributed by atoms with Gasteiger partial charge in [0.05, 0.1) is 22.6 Å². The summed E-state index contributed by atoms with van der Waals surface area (Å²) in [6.07, 6.45) is 0. The van der Waals surface area contributed by atoms with Crippen LogP contribution in [0.4, 0.5) is 0 Å². The average Bonchev–Trinajstić information content (AvgIpc) is 3.09. The highest BCUT2D eigenvalue weighted by atomic mass is 16.2. The number of rotatable bonds is 3. The number of carbonyl (C=O) groups excluding carboxylic acids is 4. The van der Waals surface area contributed by atoms with Crippen LogP contribution >= 0.6 is 0 Å². The third-order valence-electron chi connectivity index (χ3n) is 4.82. The van der Waals surface area contributed by atoms with Gasteiger partial charge in [0.25, 0.3) is 11.8 Å². The molecule has 2 aromatic carbocycles. The van der Waals surface area contributed by atoms with Crippen LogP contribution in [0.3, 0.4) is 0 Å². The van der Waals surface area contributed by atoms with Crippen molar-refractivity contribution in [3.05, 3.63) is 70.8 Å². The monoisotopic (exact) mass is 373 g/mol. The molecule has 7 heteroatoms. The number of hydrogen-bond donors (Lipinski definition) is 0. The summed E-state index contributed by atoms with van der Waals surface area (Å²) < 4.78 is 0. The largest absolute Gasteiger partial charge is 0.291 e. The molecule has 0 atom stereocenters. The fraction of sp³-hybridized carbons (Fsp3) is 0.143. The van der Waals surface area contributed by atoms with Crippen LogP contribution in [0.25, 0.3) is 0 Å². The molecule has 28 heavy (non-hydrogen) atoms. The first-order valence-electron chi connectivity index (χ1n) is 8.65. The molecule has 0 saturated heterocycles. The lowest BCUT2D eigenvalue weighted by atomic mass is 10.1. The first kappa shape index (κ1) is 17.7. The predicted molar refractivity (Wildman–Crippen MR) is 102 cm³/mol. The summed E-state index contributed by atoms with van der Waals surface area (Å²) in [4.78, 5) is 54.0. The number of ketones is 2. The molecule has 0 spiro atoms. The number of aliphatic imine (C=N–C) groups is 1. The average molecular weight is 373 g/mol. The maximum atomic E-state index is 12.5. The first-order valence-corrected chi connectivity index (χ1v) is 8.65. The summed E-state index contributed by atoms with van der Waals surface area (Å²) in [6, 6.07) is 11.9. The highest BCUT2D eigenvalue weighted by Crippen LogP contribution is 2.25. The highest BCUT2D eigenvalue weighted by Gasteiger charge is 2.39. The number of fused-ring (bicyclic) bond motifs is 2. The summed E-state index contributed by atoms with van der Waals surface area (Å²) in [5, 5.41) is 4.88. The van der Waals surface area contributed by atoms with Crippen molar-refractivity contribution in [2.75, 3.05) is 0 Å². The van der Waals surface area contributed by atoms with Gasteiger partial charge < -0.3 is 0 Å². The van der Waals surface area contributed by atoms with Crippen LogP contribution in [0, 0.1) is 0 Å². The van der Waals surface area contributed by atoms with Gasteiger partial charge in [-0.3, -0.25) is 24.2 Å². The van der Waals surface area contributed by atoms with Gasteiger partial charge >= 0.3 is 0 Å². The van der Waals surface area contributed by atoms with Gasteiger partial charge in [0.2, 0.25) is 0 Å². The van der Waals surface area contributed by atoms with E-state index in [0.717, 1.165) is 5.01 Å². The molecular weight excluding hydrogens is 358 g/mol. The molecule has 2 aliphatic rings. The van der Waals surface area contributed by atoms with E-state index in [1.54, 1.807) is 62.4 Å². The van der Waals surface area contributed by atoms with Crippen LogP contribution in [0.5, 0.6) is 0 Å². The van der Waals surface area contributed by atoms with Crippen molar-refractivity contribution in [2.24, 2.45) is 10.1 Å². The van der Waals surface area contributed by atoms with Gasteiger partial charge in [-0.15, -0.1) is 0 Å². The van der Waals surface area contributed by atoms with Crippen molar-refractivity contribution >= 4 is 34.8 Å². The minimum atomic E-state index is -1.16. The van der Waals surface area contributed by atoms with E-state index in [4.69, 9.17) is 0 Å². The molecule has 4 rings (SSSR count). The number of hydrogen-bond acceptors (Lipinski definition) is 6. The van der Waals surface area contributed by atoms with E-state index in [9.17, 15) is 19.2 Å². The highest BCUT2D eigenvalue weighted by molar-refractivity contribution is 6.42. The van der Waals surface area contributed by atoms with Gasteiger partial charge in [-0.2, -0.15) is 10.1 Å². The molecule has 0 unspecified atom stereocenters. The quantitative estimate of drug-likeness (QED) is 0.469. The van der Waals surface area contributed by atoms with Crippen molar-refractivity contribution in [1.82, 2.24) is 5.01 Å². The molecule has 7 nitrogen and oxygen atoms in total. The van der Waals surface area contributed by atoms with E-state index in [1.165, 1.54) is 0 Å². The molecule has 138 valence electrons. The molecule has 1 aliphatic carbocycles. The Kier molecular flexibility index (Phi) is 4.07. The van der Waals surface area contributed by atoms with Gasteiger partial charge in [0, 0.05) is 11.1 Å². The predicted octanol–water partition coefficient (Wildman–Crippen LogP) is 2.57. The zero-order valence-corrected chi connectivity index (χ0v) is 15.2. The zero-order chi connectivity index (χ0) is 20.0. The fourth-order valence-electron chi connectivity index (χ4n) is 3.22. The molecule has 2 aromatic rings. The van der Waals surface area contributed by atoms with Gasteiger partial charge in [0.15, 0.2) is 17.6 Å². The Hall–Kier alpha value is -3.74. The fourth-order valence-corrected chi connectivity index (χ4v) is 3.22. The number of Topliss-reactive ketones (excluding diaryl/α,β-unsaturated/α-hetero) is 2. The number of carbonyl (C=O) groups is 4. The minimum absolute atomic E-state index is 0.270. The molecule has 0 bridgehead atoms. The Bertz CT molecular complexity index is 970. The summed E-state index contributed by atoms with van der Waals surface area (Å²) in [7, 11) is 0. The summed E-state index contributed by atoms with van der Waals surface area (Å²) >= 11 is 0. The zero-order valence-electron chi connectivity index (χ0n) is 15.2. The topological polar surface area (TPSA) is 96.2 Å². The van der Waals surface area contributed by atoms with Crippen molar-refractivity contribution in [1.29, 1.82) is 0 Å². The lowest BCUT2D eigenvalue weighted by Crippen LogP contribution is -2.28. The molecule has 2 amide bonds. The third kappa shape index (κ3) is 2.60. The third-order valence-corrected chi connectivity index (χ3v) is 4.82. The van der Waals surface area contributed by atoms with Gasteiger partial charge in [-0.05, 0) is 26.0 Å². The molecule has 0 radical (unpaired) electrons. The maximum Gasteiger partial charge on any atom is 0.282 e. The Morgan fingerprint density at radius 1 is 0.714 bits per heavy atom. The van der Waals surface area contributed by atoms with Crippen LogP contribution in [-0.2, 0) is 0 Å². The second-order valence-corrected chi connectivity index (χ2v) is 6.54. The lowest BCUT2D eigenvalue weighted by molar-refractivity contribution is 0.0658. The van der Waals surface area contributed by atoms with Gasteiger partial charge in [-0.25, -0.2) is 0 Å². The number of hydrazone groups is 1. The van der Waals surface area contributed by atoms with Crippen molar-refractivity contribution in [3.8, 4) is 0 Å². The van der Waals surface area contributed by atoms with Crippen LogP contribution in [-0.4, -0.2) is 45.9 Å². The van der Waals surface area contributed by atoms with Crippen LogP contribution in [0.15, 0.2) is 58.6 Å². The Balaban J connectivity index is 1.62. The Labute approximate surface area is 160 Å². The van der Waals surface area contributed by atoms with Crippen molar-refractivity contribution in [3.63, 3.8) is 0 Å². The molecule has 0 saturated carbocycles. The number of amides is 2. The molecule has 0 fully saturated rings. The maximum absolute atomic E-state index is 12.5. The van der Waals surface area contributed by atoms with Gasteiger partial charge in [0.1, 0.15) is 0 Å². The molecule has 1 aliphatic heterocycles. The Morgan fingerprint density at radius 3 is 1.61 bits per heavy atom. The SMILES string of the molecule is CC(=N\C1C(=O)c2ccccc2C1=O)/C(C)=N/N1C(=O)c2ccccc2C1=O. The lowest BCUT2D eigenvalue weighted by Gasteiger charge is -2.09. The van der Waals surface area contributed by atoms with E-state index in [2.05, 4.69) is 10.1 Å². The first-order chi connectivity index (χ1) is 13.4. The Morgan fingerprint density at radius 2 is 1.14 bits per heavy atom. The summed E-state index contributed by atoms with van der Waals surface area (Å²) in [5.41, 5.74) is 1.85. The van der Waals surface area contributed by atoms with Crippen molar-refractivity contribution < 1.29 is 19.2 Å².